The Labute approximate surface area is 105 Å². The molecule has 2 N–H and O–H groups in total. The Morgan fingerprint density at radius 3 is 2.83 bits per heavy atom. The van der Waals surface area contributed by atoms with Gasteiger partial charge in [0.1, 0.15) is 5.82 Å². The molecule has 0 spiro atoms. The third kappa shape index (κ3) is 4.77. The molecule has 0 saturated carbocycles. The van der Waals surface area contributed by atoms with Gasteiger partial charge in [0.15, 0.2) is 0 Å². The number of nitrogens with one attached hydrogen (secondary N) is 1. The van der Waals surface area contributed by atoms with Gasteiger partial charge in [-0.15, -0.1) is 0 Å². The number of non-ortho nitro benzene ring substituents is 1. The van der Waals surface area contributed by atoms with Crippen LogP contribution in [0.4, 0.5) is 10.1 Å². The molecular weight excluding hydrogens is 239 g/mol. The summed E-state index contributed by atoms with van der Waals surface area (Å²) in [5, 5.41) is 22.9. The molecule has 0 aliphatic rings. The fourth-order valence-corrected chi connectivity index (χ4v) is 1.55. The Morgan fingerprint density at radius 1 is 1.50 bits per heavy atom. The first kappa shape index (κ1) is 14.5. The number of benzene rings is 1. The molecule has 1 unspecified atom stereocenters. The van der Waals surface area contributed by atoms with Crippen LogP contribution in [0.15, 0.2) is 18.2 Å². The van der Waals surface area contributed by atoms with E-state index in [0.717, 1.165) is 6.07 Å². The van der Waals surface area contributed by atoms with Crippen LogP contribution in [0, 0.1) is 15.9 Å². The summed E-state index contributed by atoms with van der Waals surface area (Å²) >= 11 is 0. The smallest absolute Gasteiger partial charge is 0.272 e. The van der Waals surface area contributed by atoms with Crippen molar-refractivity contribution in [2.75, 3.05) is 6.54 Å². The molecular formula is C12H17FN2O3. The van der Waals surface area contributed by atoms with Gasteiger partial charge in [-0.3, -0.25) is 10.1 Å². The lowest BCUT2D eigenvalue weighted by Crippen LogP contribution is -2.19. The van der Waals surface area contributed by atoms with Crippen molar-refractivity contribution in [2.24, 2.45) is 0 Å². The van der Waals surface area contributed by atoms with E-state index in [4.69, 9.17) is 0 Å². The van der Waals surface area contributed by atoms with Crippen LogP contribution < -0.4 is 5.32 Å². The molecule has 1 rings (SSSR count). The zero-order valence-corrected chi connectivity index (χ0v) is 10.2. The number of hydrogen-bond donors (Lipinski definition) is 2. The van der Waals surface area contributed by atoms with Crippen molar-refractivity contribution >= 4 is 5.69 Å². The summed E-state index contributed by atoms with van der Waals surface area (Å²) in [6, 6.07) is 3.49. The number of aliphatic hydroxyl groups is 1. The average Bonchev–Trinajstić information content (AvgIpc) is 2.33. The average molecular weight is 256 g/mol. The molecule has 0 aliphatic carbocycles. The third-order valence-electron chi connectivity index (χ3n) is 2.61. The van der Waals surface area contributed by atoms with E-state index in [1.54, 1.807) is 0 Å². The Kier molecular flexibility index (Phi) is 5.67. The number of aliphatic hydroxyl groups excluding tert-OH is 1. The van der Waals surface area contributed by atoms with Gasteiger partial charge in [0.25, 0.3) is 5.69 Å². The standard InChI is InChI=1S/C12H17FN2O3/c1-2-12(16)3-4-14-8-9-5-10(13)7-11(6-9)15(17)18/h5-7,12,14,16H,2-4,8H2,1H3. The summed E-state index contributed by atoms with van der Waals surface area (Å²) in [5.74, 6) is -0.616. The monoisotopic (exact) mass is 256 g/mol. The van der Waals surface area contributed by atoms with E-state index >= 15 is 0 Å². The van der Waals surface area contributed by atoms with Crippen LogP contribution >= 0.6 is 0 Å². The summed E-state index contributed by atoms with van der Waals surface area (Å²) in [6.45, 7) is 2.81. The van der Waals surface area contributed by atoms with Crippen molar-refractivity contribution in [2.45, 2.75) is 32.4 Å². The molecule has 0 saturated heterocycles. The maximum Gasteiger partial charge on any atom is 0.272 e. The van der Waals surface area contributed by atoms with Gasteiger partial charge in [0.05, 0.1) is 17.1 Å². The van der Waals surface area contributed by atoms with Crippen LogP contribution in [0.25, 0.3) is 0 Å². The van der Waals surface area contributed by atoms with Crippen molar-refractivity contribution in [3.05, 3.63) is 39.7 Å². The minimum absolute atomic E-state index is 0.250. The molecule has 0 amide bonds. The van der Waals surface area contributed by atoms with Gasteiger partial charge in [-0.25, -0.2) is 4.39 Å². The minimum atomic E-state index is -0.618. The molecule has 0 aliphatic heterocycles. The minimum Gasteiger partial charge on any atom is -0.393 e. The van der Waals surface area contributed by atoms with Crippen molar-refractivity contribution in [1.29, 1.82) is 0 Å². The van der Waals surface area contributed by atoms with Gasteiger partial charge in [-0.1, -0.05) is 6.92 Å². The third-order valence-corrected chi connectivity index (χ3v) is 2.61. The van der Waals surface area contributed by atoms with Crippen LogP contribution in [0.5, 0.6) is 0 Å². The fraction of sp³-hybridized carbons (Fsp3) is 0.500. The molecule has 18 heavy (non-hydrogen) atoms. The van der Waals surface area contributed by atoms with E-state index in [9.17, 15) is 19.6 Å². The first-order valence-electron chi connectivity index (χ1n) is 5.85. The number of nitro benzene ring substituents is 1. The lowest BCUT2D eigenvalue weighted by atomic mass is 10.1. The summed E-state index contributed by atoms with van der Waals surface area (Å²) in [4.78, 5) is 9.93. The predicted molar refractivity (Wildman–Crippen MR) is 65.7 cm³/mol. The van der Waals surface area contributed by atoms with Gasteiger partial charge in [-0.2, -0.15) is 0 Å². The molecule has 0 fully saturated rings. The van der Waals surface area contributed by atoms with Crippen molar-refractivity contribution in [3.63, 3.8) is 0 Å². The van der Waals surface area contributed by atoms with Gasteiger partial charge >= 0.3 is 0 Å². The number of rotatable bonds is 7. The van der Waals surface area contributed by atoms with E-state index in [0.29, 0.717) is 31.5 Å². The van der Waals surface area contributed by atoms with Crippen molar-refractivity contribution in [1.82, 2.24) is 5.32 Å². The lowest BCUT2D eigenvalue weighted by molar-refractivity contribution is -0.385. The van der Waals surface area contributed by atoms with E-state index < -0.39 is 10.7 Å². The summed E-state index contributed by atoms with van der Waals surface area (Å²) in [6.07, 6.45) is 0.945. The van der Waals surface area contributed by atoms with Gasteiger partial charge < -0.3 is 10.4 Å². The number of nitrogens with zero attached hydrogens (tertiary/aromatic N) is 1. The molecule has 0 aromatic heterocycles. The van der Waals surface area contributed by atoms with Crippen LogP contribution in [-0.4, -0.2) is 22.7 Å². The molecule has 1 atom stereocenters. The molecule has 0 bridgehead atoms. The van der Waals surface area contributed by atoms with Crippen molar-refractivity contribution in [3.8, 4) is 0 Å². The summed E-state index contributed by atoms with van der Waals surface area (Å²) in [7, 11) is 0. The largest absolute Gasteiger partial charge is 0.393 e. The van der Waals surface area contributed by atoms with Crippen LogP contribution in [0.3, 0.4) is 0 Å². The Morgan fingerprint density at radius 2 is 2.22 bits per heavy atom. The SMILES string of the molecule is CCC(O)CCNCc1cc(F)cc([N+](=O)[O-])c1. The van der Waals surface area contributed by atoms with Gasteiger partial charge in [0.2, 0.25) is 0 Å². The zero-order valence-electron chi connectivity index (χ0n) is 10.2. The maximum atomic E-state index is 13.1. The molecule has 1 aromatic rings. The normalized spacial score (nSPS) is 12.4. The molecule has 100 valence electrons. The quantitative estimate of drug-likeness (QED) is 0.444. The second-order valence-corrected chi connectivity index (χ2v) is 4.10. The molecule has 6 heteroatoms. The van der Waals surface area contributed by atoms with Crippen LogP contribution in [0.1, 0.15) is 25.3 Å². The molecule has 5 nitrogen and oxygen atoms in total. The van der Waals surface area contributed by atoms with E-state index in [-0.39, 0.29) is 11.8 Å². The molecule has 0 heterocycles. The zero-order chi connectivity index (χ0) is 13.5. The second-order valence-electron chi connectivity index (χ2n) is 4.10. The van der Waals surface area contributed by atoms with Crippen LogP contribution in [-0.2, 0) is 6.54 Å². The lowest BCUT2D eigenvalue weighted by Gasteiger charge is -2.08. The number of hydrogen-bond acceptors (Lipinski definition) is 4. The summed E-state index contributed by atoms with van der Waals surface area (Å²) in [5.41, 5.74) is 0.271. The maximum absolute atomic E-state index is 13.1. The number of halogens is 1. The molecule has 0 radical (unpaired) electrons. The van der Waals surface area contributed by atoms with E-state index in [1.807, 2.05) is 6.92 Å². The summed E-state index contributed by atoms with van der Waals surface area (Å²) < 4.78 is 13.1. The fourth-order valence-electron chi connectivity index (χ4n) is 1.55. The topological polar surface area (TPSA) is 75.4 Å². The predicted octanol–water partition coefficient (Wildman–Crippen LogP) is 1.98. The highest BCUT2D eigenvalue weighted by molar-refractivity contribution is 5.35. The second kappa shape index (κ2) is 7.03. The van der Waals surface area contributed by atoms with Gasteiger partial charge in [0, 0.05) is 12.6 Å². The highest BCUT2D eigenvalue weighted by Crippen LogP contribution is 2.16. The van der Waals surface area contributed by atoms with Crippen LogP contribution in [0.2, 0.25) is 0 Å². The highest BCUT2D eigenvalue weighted by Gasteiger charge is 2.09. The van der Waals surface area contributed by atoms with E-state index in [2.05, 4.69) is 5.32 Å². The first-order chi connectivity index (χ1) is 8.52. The van der Waals surface area contributed by atoms with Crippen molar-refractivity contribution < 1.29 is 14.4 Å². The highest BCUT2D eigenvalue weighted by atomic mass is 19.1. The Balaban J connectivity index is 2.49. The number of nitro groups is 1. The Hall–Kier alpha value is -1.53. The first-order valence-corrected chi connectivity index (χ1v) is 5.85. The van der Waals surface area contributed by atoms with E-state index in [1.165, 1.54) is 12.1 Å². The van der Waals surface area contributed by atoms with Gasteiger partial charge in [-0.05, 0) is 31.0 Å². The molecule has 1 aromatic carbocycles. The Bertz CT molecular complexity index is 412.